The number of rotatable bonds is 6. The number of hydrogen-bond acceptors (Lipinski definition) is 3. The van der Waals surface area contributed by atoms with E-state index >= 15 is 0 Å². The molecule has 1 atom stereocenters. The summed E-state index contributed by atoms with van der Waals surface area (Å²) in [6, 6.07) is 4.97. The third-order valence-corrected chi connectivity index (χ3v) is 2.60. The Bertz CT molecular complexity index is 455. The molecule has 0 heterocycles. The quantitative estimate of drug-likeness (QED) is 0.470. The highest BCUT2D eigenvalue weighted by Gasteiger charge is 2.36. The molecule has 0 aromatic heterocycles. The molecule has 1 rings (SSSR count). The van der Waals surface area contributed by atoms with Crippen molar-refractivity contribution in [3.8, 4) is 0 Å². The van der Waals surface area contributed by atoms with Gasteiger partial charge >= 0.3 is 6.18 Å². The number of benzene rings is 1. The van der Waals surface area contributed by atoms with Crippen LogP contribution in [0.2, 0.25) is 0 Å². The lowest BCUT2D eigenvalue weighted by molar-refractivity contribution is -0.139. The van der Waals surface area contributed by atoms with Crippen molar-refractivity contribution in [3.63, 3.8) is 0 Å². The molecule has 0 spiro atoms. The van der Waals surface area contributed by atoms with E-state index in [9.17, 15) is 13.2 Å². The highest BCUT2D eigenvalue weighted by molar-refractivity contribution is 6.18. The normalized spacial score (nSPS) is 12.4. The first-order valence-corrected chi connectivity index (χ1v) is 6.50. The minimum Gasteiger partial charge on any atom is -0.479 e. The molecule has 1 unspecified atom stereocenters. The lowest BCUT2D eigenvalue weighted by Gasteiger charge is -2.22. The molecule has 120 valence electrons. The van der Waals surface area contributed by atoms with E-state index < -0.39 is 17.8 Å². The molecule has 0 saturated carbocycles. The topological polar surface area (TPSA) is 42.3 Å². The van der Waals surface area contributed by atoms with Crippen molar-refractivity contribution in [2.24, 2.45) is 0 Å². The van der Waals surface area contributed by atoms with Gasteiger partial charge in [-0.25, -0.2) is 0 Å². The van der Waals surface area contributed by atoms with Gasteiger partial charge in [-0.2, -0.15) is 13.2 Å². The van der Waals surface area contributed by atoms with E-state index in [0.717, 1.165) is 6.07 Å². The van der Waals surface area contributed by atoms with Crippen molar-refractivity contribution in [2.45, 2.75) is 19.2 Å². The van der Waals surface area contributed by atoms with Crippen LogP contribution in [0.3, 0.4) is 0 Å². The first-order valence-electron chi connectivity index (χ1n) is 5.96. The molecule has 0 aliphatic carbocycles. The molecule has 0 bridgehead atoms. The van der Waals surface area contributed by atoms with Crippen molar-refractivity contribution in [2.75, 3.05) is 19.1 Å². The Hall–Kier alpha value is -0.980. The van der Waals surface area contributed by atoms with E-state index in [-0.39, 0.29) is 43.0 Å². The SMILES string of the molecule is CCOC(=N)C(OCCCl)c1ccccc1C(F)(F)F.Cl. The van der Waals surface area contributed by atoms with Crippen LogP contribution in [0.15, 0.2) is 24.3 Å². The lowest BCUT2D eigenvalue weighted by Crippen LogP contribution is -2.22. The van der Waals surface area contributed by atoms with Gasteiger partial charge in [0, 0.05) is 11.4 Å². The summed E-state index contributed by atoms with van der Waals surface area (Å²) in [6.07, 6.45) is -5.74. The minimum atomic E-state index is -4.52. The maximum atomic E-state index is 13.0. The van der Waals surface area contributed by atoms with Crippen molar-refractivity contribution >= 4 is 29.9 Å². The Morgan fingerprint density at radius 3 is 2.48 bits per heavy atom. The van der Waals surface area contributed by atoms with Crippen LogP contribution < -0.4 is 0 Å². The highest BCUT2D eigenvalue weighted by Crippen LogP contribution is 2.36. The van der Waals surface area contributed by atoms with E-state index in [0.29, 0.717) is 0 Å². The number of ether oxygens (including phenoxy) is 2. The van der Waals surface area contributed by atoms with Crippen molar-refractivity contribution in [1.29, 1.82) is 5.41 Å². The fraction of sp³-hybridized carbons (Fsp3) is 0.462. The van der Waals surface area contributed by atoms with Gasteiger partial charge in [-0.15, -0.1) is 24.0 Å². The number of hydrogen-bond donors (Lipinski definition) is 1. The molecule has 1 aromatic carbocycles. The van der Waals surface area contributed by atoms with Crippen LogP contribution in [-0.4, -0.2) is 25.0 Å². The summed E-state index contributed by atoms with van der Waals surface area (Å²) >= 11 is 5.49. The molecule has 0 aliphatic rings. The van der Waals surface area contributed by atoms with Crippen molar-refractivity contribution < 1.29 is 22.6 Å². The zero-order valence-electron chi connectivity index (χ0n) is 11.2. The average molecular weight is 346 g/mol. The molecule has 3 nitrogen and oxygen atoms in total. The fourth-order valence-electron chi connectivity index (χ4n) is 1.68. The van der Waals surface area contributed by atoms with Crippen LogP contribution in [0.5, 0.6) is 0 Å². The third-order valence-electron chi connectivity index (χ3n) is 2.45. The third kappa shape index (κ3) is 5.73. The smallest absolute Gasteiger partial charge is 0.416 e. The van der Waals surface area contributed by atoms with Crippen LogP contribution in [0.1, 0.15) is 24.2 Å². The Morgan fingerprint density at radius 1 is 1.33 bits per heavy atom. The van der Waals surface area contributed by atoms with Gasteiger partial charge in [0.25, 0.3) is 0 Å². The molecule has 0 aliphatic heterocycles. The second-order valence-corrected chi connectivity index (χ2v) is 4.20. The number of nitrogens with one attached hydrogen (secondary N) is 1. The molecule has 0 fully saturated rings. The summed E-state index contributed by atoms with van der Waals surface area (Å²) in [6.45, 7) is 1.84. The summed E-state index contributed by atoms with van der Waals surface area (Å²) in [5, 5.41) is 7.71. The minimum absolute atomic E-state index is 0. The van der Waals surface area contributed by atoms with E-state index in [1.165, 1.54) is 18.2 Å². The van der Waals surface area contributed by atoms with E-state index in [2.05, 4.69) is 0 Å². The Balaban J connectivity index is 0.00000400. The Morgan fingerprint density at radius 2 is 1.95 bits per heavy atom. The van der Waals surface area contributed by atoms with Crippen molar-refractivity contribution in [1.82, 2.24) is 0 Å². The van der Waals surface area contributed by atoms with Gasteiger partial charge in [0.1, 0.15) is 0 Å². The highest BCUT2D eigenvalue weighted by atomic mass is 35.5. The monoisotopic (exact) mass is 345 g/mol. The molecule has 0 saturated heterocycles. The summed E-state index contributed by atoms with van der Waals surface area (Å²) in [5.41, 5.74) is -0.993. The van der Waals surface area contributed by atoms with E-state index in [1.807, 2.05) is 0 Å². The molecule has 1 aromatic rings. The van der Waals surface area contributed by atoms with Gasteiger partial charge in [-0.05, 0) is 13.0 Å². The number of alkyl halides is 4. The zero-order valence-corrected chi connectivity index (χ0v) is 12.8. The largest absolute Gasteiger partial charge is 0.479 e. The van der Waals surface area contributed by atoms with Gasteiger partial charge in [0.2, 0.25) is 5.90 Å². The molecular weight excluding hydrogens is 330 g/mol. The predicted octanol–water partition coefficient (Wildman–Crippen LogP) is 4.44. The summed E-state index contributed by atoms with van der Waals surface area (Å²) in [7, 11) is 0. The summed E-state index contributed by atoms with van der Waals surface area (Å²) in [4.78, 5) is 0. The average Bonchev–Trinajstić information content (AvgIpc) is 2.39. The van der Waals surface area contributed by atoms with Crippen LogP contribution in [0.4, 0.5) is 13.2 Å². The molecule has 8 heteroatoms. The van der Waals surface area contributed by atoms with E-state index in [4.69, 9.17) is 26.5 Å². The van der Waals surface area contributed by atoms with Crippen molar-refractivity contribution in [3.05, 3.63) is 35.4 Å². The molecule has 0 amide bonds. The second-order valence-electron chi connectivity index (χ2n) is 3.82. The van der Waals surface area contributed by atoms with Crippen LogP contribution in [0, 0.1) is 5.41 Å². The second kappa shape index (κ2) is 9.12. The van der Waals surface area contributed by atoms with E-state index in [1.54, 1.807) is 6.92 Å². The fourth-order valence-corrected chi connectivity index (χ4v) is 1.77. The Labute approximate surface area is 132 Å². The van der Waals surface area contributed by atoms with Crippen LogP contribution >= 0.6 is 24.0 Å². The van der Waals surface area contributed by atoms with Gasteiger partial charge < -0.3 is 9.47 Å². The Kier molecular flexibility index (Phi) is 8.70. The first kappa shape index (κ1) is 20.0. The van der Waals surface area contributed by atoms with Crippen LogP contribution in [0.25, 0.3) is 0 Å². The standard InChI is InChI=1S/C13H15ClF3NO2.ClH/c1-2-19-12(18)11(20-8-7-14)9-5-3-4-6-10(9)13(15,16)17;/h3-6,11,18H,2,7-8H2,1H3;1H. The lowest BCUT2D eigenvalue weighted by atomic mass is 10.0. The summed E-state index contributed by atoms with van der Waals surface area (Å²) in [5.74, 6) is -0.251. The zero-order chi connectivity index (χ0) is 15.2. The summed E-state index contributed by atoms with van der Waals surface area (Å²) < 4.78 is 49.2. The molecular formula is C13H16Cl2F3NO2. The predicted molar refractivity (Wildman–Crippen MR) is 77.5 cm³/mol. The number of halogens is 5. The van der Waals surface area contributed by atoms with Gasteiger partial charge in [-0.3, -0.25) is 5.41 Å². The van der Waals surface area contributed by atoms with Gasteiger partial charge in [-0.1, -0.05) is 18.2 Å². The molecule has 21 heavy (non-hydrogen) atoms. The first-order chi connectivity index (χ1) is 9.41. The molecule has 0 radical (unpaired) electrons. The molecule has 1 N–H and O–H groups in total. The van der Waals surface area contributed by atoms with Gasteiger partial charge in [0.05, 0.1) is 18.8 Å². The van der Waals surface area contributed by atoms with Crippen LogP contribution in [-0.2, 0) is 15.7 Å². The maximum absolute atomic E-state index is 13.0. The van der Waals surface area contributed by atoms with Gasteiger partial charge in [0.15, 0.2) is 6.10 Å². The maximum Gasteiger partial charge on any atom is 0.416 e.